The maximum Gasteiger partial charge on any atom is 0.471 e. The van der Waals surface area contributed by atoms with Crippen molar-refractivity contribution in [3.63, 3.8) is 0 Å². The number of fused-ring (bicyclic) bond motifs is 4. The topological polar surface area (TPSA) is 72.7 Å². The smallest absolute Gasteiger partial charge is 0.471 e. The van der Waals surface area contributed by atoms with E-state index >= 15 is 0 Å². The van der Waals surface area contributed by atoms with Gasteiger partial charge >= 0.3 is 17.8 Å². The number of piperidine rings is 1. The summed E-state index contributed by atoms with van der Waals surface area (Å²) < 4.78 is 44.0. The van der Waals surface area contributed by atoms with Crippen LogP contribution in [0.3, 0.4) is 0 Å². The van der Waals surface area contributed by atoms with Gasteiger partial charge < -0.3 is 9.64 Å². The summed E-state index contributed by atoms with van der Waals surface area (Å²) in [5.74, 6) is -2.07. The minimum atomic E-state index is -4.93. The number of hydrogen-bond acceptors (Lipinski definition) is 4. The molecule has 1 amide bonds. The van der Waals surface area contributed by atoms with Gasteiger partial charge in [-0.1, -0.05) is 19.9 Å². The lowest BCUT2D eigenvalue weighted by molar-refractivity contribution is -0.387. The molecule has 3 rings (SSSR count). The fourth-order valence-electron chi connectivity index (χ4n) is 4.49. The Hall–Kier alpha value is -2.32. The second-order valence-electron chi connectivity index (χ2n) is 7.13. The molecule has 0 saturated carbocycles. The van der Waals surface area contributed by atoms with Crippen LogP contribution in [0.2, 0.25) is 0 Å². The number of rotatable bonds is 2. The summed E-state index contributed by atoms with van der Waals surface area (Å²) in [6, 6.07) is 2.46. The number of likely N-dealkylation sites (tertiary alicyclic amines) is 1. The number of nitro groups is 1. The Bertz CT molecular complexity index is 780. The number of alkyl halides is 3. The Morgan fingerprint density at radius 2 is 2.08 bits per heavy atom. The number of benzene rings is 1. The molecular weight excluding hydrogens is 353 g/mol. The molecule has 0 aromatic heterocycles. The Kier molecular flexibility index (Phi) is 4.16. The number of nitrogens with zero attached hydrogens (tertiary/aromatic N) is 2. The quantitative estimate of drug-likeness (QED) is 0.590. The largest absolute Gasteiger partial charge is 0.490 e. The third-order valence-corrected chi connectivity index (χ3v) is 5.99. The predicted octanol–water partition coefficient (Wildman–Crippen LogP) is 3.22. The van der Waals surface area contributed by atoms with Crippen molar-refractivity contribution in [3.05, 3.63) is 33.4 Å². The van der Waals surface area contributed by atoms with Gasteiger partial charge in [-0.2, -0.15) is 13.2 Å². The van der Waals surface area contributed by atoms with E-state index in [0.717, 1.165) is 4.90 Å². The second-order valence-corrected chi connectivity index (χ2v) is 7.13. The van der Waals surface area contributed by atoms with E-state index in [-0.39, 0.29) is 36.7 Å². The SMILES string of the molecule is COc1ccc2c(c1[N+](=O)[O-])[C@]1(C)CCN(C(=O)C(F)(F)F)[C@H](C2)[C@H]1C. The molecule has 1 aromatic carbocycles. The van der Waals surface area contributed by atoms with Crippen LogP contribution in [0.1, 0.15) is 31.4 Å². The Morgan fingerprint density at radius 1 is 1.42 bits per heavy atom. The van der Waals surface area contributed by atoms with Crippen molar-refractivity contribution in [2.75, 3.05) is 13.7 Å². The molecule has 26 heavy (non-hydrogen) atoms. The first kappa shape index (κ1) is 18.5. The second kappa shape index (κ2) is 5.85. The van der Waals surface area contributed by atoms with Gasteiger partial charge in [0.1, 0.15) is 0 Å². The summed E-state index contributed by atoms with van der Waals surface area (Å²) in [4.78, 5) is 23.9. The Morgan fingerprint density at radius 3 is 2.62 bits per heavy atom. The molecule has 2 bridgehead atoms. The van der Waals surface area contributed by atoms with Gasteiger partial charge in [0.05, 0.1) is 12.0 Å². The lowest BCUT2D eigenvalue weighted by Crippen LogP contribution is -2.61. The number of ether oxygens (including phenoxy) is 1. The predicted molar refractivity (Wildman–Crippen MR) is 86.0 cm³/mol. The van der Waals surface area contributed by atoms with E-state index in [1.165, 1.54) is 13.2 Å². The molecule has 9 heteroatoms. The van der Waals surface area contributed by atoms with Gasteiger partial charge in [0.15, 0.2) is 5.75 Å². The minimum absolute atomic E-state index is 0.0857. The van der Waals surface area contributed by atoms with Gasteiger partial charge in [0.2, 0.25) is 0 Å². The fourth-order valence-corrected chi connectivity index (χ4v) is 4.49. The average molecular weight is 372 g/mol. The van der Waals surface area contributed by atoms with E-state index in [1.54, 1.807) is 13.0 Å². The summed E-state index contributed by atoms with van der Waals surface area (Å²) in [5, 5.41) is 11.7. The van der Waals surface area contributed by atoms with E-state index in [1.807, 2.05) is 6.92 Å². The van der Waals surface area contributed by atoms with Crippen molar-refractivity contribution in [2.45, 2.75) is 44.3 Å². The number of hydrogen-bond donors (Lipinski definition) is 0. The minimum Gasteiger partial charge on any atom is -0.490 e. The first-order chi connectivity index (χ1) is 12.0. The van der Waals surface area contributed by atoms with E-state index < -0.39 is 28.5 Å². The third-order valence-electron chi connectivity index (χ3n) is 5.99. The van der Waals surface area contributed by atoms with Gasteiger partial charge in [-0.15, -0.1) is 0 Å². The van der Waals surface area contributed by atoms with Gasteiger partial charge in [-0.25, -0.2) is 0 Å². The zero-order valence-electron chi connectivity index (χ0n) is 14.6. The van der Waals surface area contributed by atoms with E-state index in [0.29, 0.717) is 11.1 Å². The molecule has 142 valence electrons. The number of halogens is 3. The highest BCUT2D eigenvalue weighted by molar-refractivity contribution is 5.82. The van der Waals surface area contributed by atoms with Crippen molar-refractivity contribution < 1.29 is 27.6 Å². The molecule has 1 aliphatic heterocycles. The average Bonchev–Trinajstić information content (AvgIpc) is 2.55. The summed E-state index contributed by atoms with van der Waals surface area (Å²) in [5.41, 5.74) is 0.276. The molecule has 1 fully saturated rings. The Balaban J connectivity index is 2.14. The van der Waals surface area contributed by atoms with Gasteiger partial charge in [-0.3, -0.25) is 14.9 Å². The number of carbonyl (C=O) groups excluding carboxylic acids is 1. The molecule has 3 atom stereocenters. The number of amides is 1. The first-order valence-electron chi connectivity index (χ1n) is 8.25. The molecular formula is C17H19F3N2O4. The van der Waals surface area contributed by atoms with Crippen LogP contribution < -0.4 is 4.74 Å². The standard InChI is InChI=1S/C17H19F3N2O4/c1-9-11-8-10-4-5-12(26-3)14(22(24)25)13(10)16(9,2)6-7-21(11)15(23)17(18,19)20/h4-5,9,11H,6-8H2,1-3H3/t9-,11-,16-/m1/s1. The molecule has 0 N–H and O–H groups in total. The van der Waals surface area contributed by atoms with E-state index in [4.69, 9.17) is 4.74 Å². The maximum atomic E-state index is 12.9. The van der Waals surface area contributed by atoms with Crippen molar-refractivity contribution >= 4 is 11.6 Å². The highest BCUT2D eigenvalue weighted by Crippen LogP contribution is 2.53. The van der Waals surface area contributed by atoms with Crippen LogP contribution in [-0.4, -0.2) is 41.6 Å². The highest BCUT2D eigenvalue weighted by Gasteiger charge is 2.56. The molecule has 1 aliphatic carbocycles. The van der Waals surface area contributed by atoms with Gasteiger partial charge in [0, 0.05) is 23.6 Å². The molecule has 0 radical (unpaired) electrons. The molecule has 2 aliphatic rings. The van der Waals surface area contributed by atoms with Gasteiger partial charge in [0.25, 0.3) is 0 Å². The van der Waals surface area contributed by atoms with E-state index in [9.17, 15) is 28.1 Å². The van der Waals surface area contributed by atoms with Crippen molar-refractivity contribution in [2.24, 2.45) is 5.92 Å². The third kappa shape index (κ3) is 2.52. The van der Waals surface area contributed by atoms with Crippen molar-refractivity contribution in [1.29, 1.82) is 0 Å². The lowest BCUT2D eigenvalue weighted by atomic mass is 9.58. The first-order valence-corrected chi connectivity index (χ1v) is 8.25. The monoisotopic (exact) mass is 372 g/mol. The van der Waals surface area contributed by atoms with Crippen molar-refractivity contribution in [1.82, 2.24) is 4.90 Å². The van der Waals surface area contributed by atoms with Gasteiger partial charge in [-0.05, 0) is 30.4 Å². The number of carbonyl (C=O) groups is 1. The molecule has 1 aromatic rings. The molecule has 6 nitrogen and oxygen atoms in total. The fraction of sp³-hybridized carbons (Fsp3) is 0.588. The summed E-state index contributed by atoms with van der Waals surface area (Å²) >= 11 is 0. The highest BCUT2D eigenvalue weighted by atomic mass is 19.4. The zero-order valence-corrected chi connectivity index (χ0v) is 14.6. The van der Waals surface area contributed by atoms with Crippen LogP contribution in [0.25, 0.3) is 0 Å². The zero-order chi connectivity index (χ0) is 19.4. The maximum absolute atomic E-state index is 12.9. The summed E-state index contributed by atoms with van der Waals surface area (Å²) in [7, 11) is 1.34. The van der Waals surface area contributed by atoms with Crippen LogP contribution in [0.5, 0.6) is 5.75 Å². The molecule has 0 unspecified atom stereocenters. The molecule has 1 saturated heterocycles. The van der Waals surface area contributed by atoms with Crippen LogP contribution >= 0.6 is 0 Å². The normalized spacial score (nSPS) is 27.7. The number of nitro benzene ring substituents is 1. The van der Waals surface area contributed by atoms with E-state index in [2.05, 4.69) is 0 Å². The lowest BCUT2D eigenvalue weighted by Gasteiger charge is -2.54. The van der Waals surface area contributed by atoms with Crippen molar-refractivity contribution in [3.8, 4) is 5.75 Å². The molecule has 0 spiro atoms. The number of methoxy groups -OCH3 is 1. The van der Waals surface area contributed by atoms with Crippen LogP contribution in [0, 0.1) is 16.0 Å². The summed E-state index contributed by atoms with van der Waals surface area (Å²) in [6.45, 7) is 3.49. The Labute approximate surface area is 148 Å². The van der Waals surface area contributed by atoms with Crippen LogP contribution in [0.15, 0.2) is 12.1 Å². The van der Waals surface area contributed by atoms with Crippen LogP contribution in [-0.2, 0) is 16.6 Å². The summed E-state index contributed by atoms with van der Waals surface area (Å²) in [6.07, 6.45) is -4.56. The van der Waals surface area contributed by atoms with Crippen LogP contribution in [0.4, 0.5) is 18.9 Å². The molecule has 1 heterocycles.